The third-order valence-electron chi connectivity index (χ3n) is 7.44. The lowest BCUT2D eigenvalue weighted by Gasteiger charge is -2.15. The fourth-order valence-corrected chi connectivity index (χ4v) is 5.73. The van der Waals surface area contributed by atoms with Crippen molar-refractivity contribution in [1.82, 2.24) is 4.57 Å². The third-order valence-corrected chi connectivity index (χ3v) is 7.44. The van der Waals surface area contributed by atoms with Crippen LogP contribution in [0.1, 0.15) is 12.5 Å². The molecule has 1 heterocycles. The molecule has 2 heteroatoms. The lowest BCUT2D eigenvalue weighted by Crippen LogP contribution is -1.98. The van der Waals surface area contributed by atoms with Gasteiger partial charge >= 0.3 is 0 Å². The van der Waals surface area contributed by atoms with Crippen molar-refractivity contribution < 1.29 is 0 Å². The van der Waals surface area contributed by atoms with Crippen LogP contribution in [0.25, 0.3) is 65.5 Å². The Morgan fingerprint density at radius 2 is 1.30 bits per heavy atom. The molecule has 0 aliphatic rings. The minimum Gasteiger partial charge on any atom is -0.398 e. The van der Waals surface area contributed by atoms with E-state index in [2.05, 4.69) is 114 Å². The second kappa shape index (κ2) is 8.39. The summed E-state index contributed by atoms with van der Waals surface area (Å²) in [5.74, 6) is 0. The summed E-state index contributed by atoms with van der Waals surface area (Å²) in [4.78, 5) is 0. The zero-order valence-electron chi connectivity index (χ0n) is 20.6. The van der Waals surface area contributed by atoms with Gasteiger partial charge in [0, 0.05) is 27.2 Å². The van der Waals surface area contributed by atoms with Gasteiger partial charge in [0.15, 0.2) is 0 Å². The van der Waals surface area contributed by atoms with Crippen molar-refractivity contribution >= 4 is 59.8 Å². The zero-order valence-corrected chi connectivity index (χ0v) is 20.6. The van der Waals surface area contributed by atoms with Gasteiger partial charge in [-0.15, -0.1) is 0 Å². The third kappa shape index (κ3) is 3.26. The predicted octanol–water partition coefficient (Wildman–Crippen LogP) is 9.12. The smallest absolute Gasteiger partial charge is 0.0619 e. The molecule has 7 aromatic rings. The highest BCUT2D eigenvalue weighted by Gasteiger charge is 2.17. The Kier molecular flexibility index (Phi) is 4.87. The van der Waals surface area contributed by atoms with Gasteiger partial charge in [0.2, 0.25) is 0 Å². The highest BCUT2D eigenvalue weighted by Crippen LogP contribution is 2.40. The van der Waals surface area contributed by atoms with E-state index in [1.807, 2.05) is 25.2 Å². The molecule has 7 rings (SSSR count). The molecule has 0 saturated heterocycles. The molecule has 0 saturated carbocycles. The zero-order chi connectivity index (χ0) is 24.9. The van der Waals surface area contributed by atoms with Crippen molar-refractivity contribution in [3.05, 3.63) is 133 Å². The van der Waals surface area contributed by atoms with Gasteiger partial charge in [0.25, 0.3) is 0 Å². The molecule has 0 aliphatic carbocycles. The summed E-state index contributed by atoms with van der Waals surface area (Å²) in [5.41, 5.74) is 11.8. The average Bonchev–Trinajstić information content (AvgIpc) is 3.30. The molecule has 0 amide bonds. The van der Waals surface area contributed by atoms with Crippen LogP contribution in [0.4, 0.5) is 0 Å². The molecular formula is C35H26N2. The SMILES string of the molecule is C/C=C\C=C(/N)c1ccc2c(ccc3c4ccccc4n(-c4cc5ccccc5c5ccccc45)c23)c1. The van der Waals surface area contributed by atoms with E-state index < -0.39 is 0 Å². The van der Waals surface area contributed by atoms with E-state index in [4.69, 9.17) is 5.73 Å². The van der Waals surface area contributed by atoms with Crippen LogP contribution in [0.15, 0.2) is 127 Å². The first-order valence-corrected chi connectivity index (χ1v) is 12.7. The quantitative estimate of drug-likeness (QED) is 0.201. The second-order valence-electron chi connectivity index (χ2n) is 9.56. The van der Waals surface area contributed by atoms with Crippen molar-refractivity contribution in [3.63, 3.8) is 0 Å². The minimum atomic E-state index is 0.765. The van der Waals surface area contributed by atoms with Gasteiger partial charge in [-0.1, -0.05) is 103 Å². The van der Waals surface area contributed by atoms with Crippen molar-refractivity contribution in [3.8, 4) is 5.69 Å². The van der Waals surface area contributed by atoms with E-state index >= 15 is 0 Å². The van der Waals surface area contributed by atoms with E-state index in [0.717, 1.165) is 11.3 Å². The molecule has 0 unspecified atom stereocenters. The number of nitrogens with zero attached hydrogens (tertiary/aromatic N) is 1. The lowest BCUT2D eigenvalue weighted by atomic mass is 9.99. The fourth-order valence-electron chi connectivity index (χ4n) is 5.73. The Hall–Kier alpha value is -4.82. The van der Waals surface area contributed by atoms with Crippen molar-refractivity contribution in [2.45, 2.75) is 6.92 Å². The van der Waals surface area contributed by atoms with Crippen LogP contribution >= 0.6 is 0 Å². The maximum Gasteiger partial charge on any atom is 0.0619 e. The number of allylic oxidation sites excluding steroid dienone is 3. The Labute approximate surface area is 215 Å². The molecule has 0 atom stereocenters. The summed E-state index contributed by atoms with van der Waals surface area (Å²) < 4.78 is 2.46. The van der Waals surface area contributed by atoms with Gasteiger partial charge < -0.3 is 10.3 Å². The first kappa shape index (κ1) is 21.5. The molecule has 0 fully saturated rings. The maximum absolute atomic E-state index is 6.39. The molecule has 37 heavy (non-hydrogen) atoms. The Morgan fingerprint density at radius 3 is 2.14 bits per heavy atom. The van der Waals surface area contributed by atoms with Crippen molar-refractivity contribution in [1.29, 1.82) is 0 Å². The number of para-hydroxylation sites is 1. The first-order valence-electron chi connectivity index (χ1n) is 12.7. The van der Waals surface area contributed by atoms with Gasteiger partial charge in [0.1, 0.15) is 0 Å². The van der Waals surface area contributed by atoms with Gasteiger partial charge in [-0.3, -0.25) is 0 Å². The molecule has 1 aromatic heterocycles. The molecular weight excluding hydrogens is 448 g/mol. The number of rotatable bonds is 3. The number of nitrogens with two attached hydrogens (primary N) is 1. The van der Waals surface area contributed by atoms with Crippen LogP contribution in [0, 0.1) is 0 Å². The summed E-state index contributed by atoms with van der Waals surface area (Å²) in [7, 11) is 0. The summed E-state index contributed by atoms with van der Waals surface area (Å²) >= 11 is 0. The molecule has 176 valence electrons. The van der Waals surface area contributed by atoms with Gasteiger partial charge in [-0.25, -0.2) is 0 Å². The fraction of sp³-hybridized carbons (Fsp3) is 0.0286. The normalized spacial score (nSPS) is 12.6. The number of hydrogen-bond acceptors (Lipinski definition) is 1. The number of hydrogen-bond donors (Lipinski definition) is 1. The minimum absolute atomic E-state index is 0.765. The van der Waals surface area contributed by atoms with E-state index in [1.165, 1.54) is 59.8 Å². The molecule has 0 spiro atoms. The number of benzene rings is 6. The molecule has 0 radical (unpaired) electrons. The van der Waals surface area contributed by atoms with Gasteiger partial charge in [-0.2, -0.15) is 0 Å². The summed E-state index contributed by atoms with van der Waals surface area (Å²) in [5, 5.41) is 9.94. The van der Waals surface area contributed by atoms with Crippen LogP contribution in [-0.4, -0.2) is 4.57 Å². The van der Waals surface area contributed by atoms with Crippen molar-refractivity contribution in [2.75, 3.05) is 0 Å². The first-order chi connectivity index (χ1) is 18.2. The largest absolute Gasteiger partial charge is 0.398 e. The van der Waals surface area contributed by atoms with Crippen LogP contribution in [0.2, 0.25) is 0 Å². The highest BCUT2D eigenvalue weighted by atomic mass is 15.0. The van der Waals surface area contributed by atoms with Gasteiger partial charge in [-0.05, 0) is 58.3 Å². The standard InChI is InChI=1S/C35H26N2/c1-2-3-15-32(36)25-18-19-27-24(21-25)17-20-31-30-14-8-9-16-33(30)37(35(27)31)34-22-23-10-4-5-11-26(23)28-12-6-7-13-29(28)34/h2-22H,36H2,1H3/b3-2-,32-15-. The molecule has 0 bridgehead atoms. The topological polar surface area (TPSA) is 30.9 Å². The summed E-state index contributed by atoms with van der Waals surface area (Å²) in [6.45, 7) is 2.00. The predicted molar refractivity (Wildman–Crippen MR) is 160 cm³/mol. The van der Waals surface area contributed by atoms with Crippen LogP contribution in [0.5, 0.6) is 0 Å². The molecule has 6 aromatic carbocycles. The summed E-state index contributed by atoms with van der Waals surface area (Å²) in [6.07, 6.45) is 5.92. The Balaban J connectivity index is 1.64. The molecule has 0 aliphatic heterocycles. The Morgan fingerprint density at radius 1 is 0.622 bits per heavy atom. The van der Waals surface area contributed by atoms with Crippen LogP contribution in [0.3, 0.4) is 0 Å². The average molecular weight is 475 g/mol. The highest BCUT2D eigenvalue weighted by molar-refractivity contribution is 6.20. The maximum atomic E-state index is 6.39. The Bertz CT molecular complexity index is 2050. The van der Waals surface area contributed by atoms with Gasteiger partial charge in [0.05, 0.1) is 16.7 Å². The molecule has 2 nitrogen and oxygen atoms in total. The van der Waals surface area contributed by atoms with Crippen LogP contribution in [-0.2, 0) is 0 Å². The number of fused-ring (bicyclic) bond motifs is 8. The molecule has 2 N–H and O–H groups in total. The number of aromatic nitrogens is 1. The van der Waals surface area contributed by atoms with Crippen molar-refractivity contribution in [2.24, 2.45) is 5.73 Å². The van der Waals surface area contributed by atoms with E-state index in [-0.39, 0.29) is 0 Å². The van der Waals surface area contributed by atoms with E-state index in [0.29, 0.717) is 0 Å². The monoisotopic (exact) mass is 474 g/mol. The summed E-state index contributed by atoms with van der Waals surface area (Å²) in [6, 6.07) is 39.5. The van der Waals surface area contributed by atoms with E-state index in [1.54, 1.807) is 0 Å². The lowest BCUT2D eigenvalue weighted by molar-refractivity contribution is 1.21. The van der Waals surface area contributed by atoms with E-state index in [9.17, 15) is 0 Å². The second-order valence-corrected chi connectivity index (χ2v) is 9.56. The van der Waals surface area contributed by atoms with Crippen LogP contribution < -0.4 is 5.73 Å².